The van der Waals surface area contributed by atoms with E-state index in [1.165, 1.54) is 4.90 Å². The summed E-state index contributed by atoms with van der Waals surface area (Å²) < 4.78 is 22.1. The molecule has 20 heavy (non-hydrogen) atoms. The molecule has 0 heterocycles. The second-order valence-electron chi connectivity index (χ2n) is 4.68. The van der Waals surface area contributed by atoms with E-state index in [0.717, 1.165) is 17.4 Å². The highest BCUT2D eigenvalue weighted by atomic mass is 32.2. The lowest BCUT2D eigenvalue weighted by Gasteiger charge is -2.16. The number of sulfone groups is 1. The third kappa shape index (κ3) is 5.66. The number of carbonyl (C=O) groups excluding carboxylic acids is 1. The molecular weight excluding hydrogens is 296 g/mol. The first-order valence-corrected chi connectivity index (χ1v) is 8.46. The van der Waals surface area contributed by atoms with E-state index in [2.05, 4.69) is 0 Å². The number of nitrogens with zero attached hydrogens (tertiary/aromatic N) is 1. The Labute approximate surface area is 124 Å². The van der Waals surface area contributed by atoms with Crippen molar-refractivity contribution in [3.05, 3.63) is 35.4 Å². The van der Waals surface area contributed by atoms with Gasteiger partial charge in [0.2, 0.25) is 5.91 Å². The van der Waals surface area contributed by atoms with Gasteiger partial charge in [-0.3, -0.25) is 4.79 Å². The van der Waals surface area contributed by atoms with E-state index in [9.17, 15) is 13.2 Å². The first kappa shape index (κ1) is 16.6. The van der Waals surface area contributed by atoms with E-state index in [-0.39, 0.29) is 24.6 Å². The molecule has 7 heteroatoms. The minimum absolute atomic E-state index is 0.0321. The van der Waals surface area contributed by atoms with Crippen molar-refractivity contribution in [1.82, 2.24) is 4.90 Å². The van der Waals surface area contributed by atoms with Gasteiger partial charge in [0, 0.05) is 25.4 Å². The minimum Gasteiger partial charge on any atom is -0.389 e. The molecule has 1 aromatic rings. The number of likely N-dealkylation sites (N-methyl/N-ethyl adjacent to an activating group) is 1. The van der Waals surface area contributed by atoms with Crippen LogP contribution in [0.15, 0.2) is 24.3 Å². The van der Waals surface area contributed by atoms with Crippen molar-refractivity contribution in [3.8, 4) is 0 Å². The van der Waals surface area contributed by atoms with E-state index in [4.69, 9.17) is 18.0 Å². The minimum atomic E-state index is -3.06. The highest BCUT2D eigenvalue weighted by Crippen LogP contribution is 2.06. The van der Waals surface area contributed by atoms with Crippen LogP contribution in [-0.4, -0.2) is 49.8 Å². The van der Waals surface area contributed by atoms with Crippen molar-refractivity contribution in [3.63, 3.8) is 0 Å². The molecule has 1 aromatic carbocycles. The Kier molecular flexibility index (Phi) is 5.64. The zero-order valence-electron chi connectivity index (χ0n) is 11.5. The maximum Gasteiger partial charge on any atom is 0.226 e. The maximum absolute atomic E-state index is 11.9. The number of carbonyl (C=O) groups is 1. The summed E-state index contributed by atoms with van der Waals surface area (Å²) in [4.78, 5) is 13.7. The third-order valence-corrected chi connectivity index (χ3v) is 3.98. The predicted molar refractivity (Wildman–Crippen MR) is 83.4 cm³/mol. The van der Waals surface area contributed by atoms with Gasteiger partial charge >= 0.3 is 0 Å². The molecule has 110 valence electrons. The van der Waals surface area contributed by atoms with Crippen LogP contribution in [0.1, 0.15) is 11.1 Å². The van der Waals surface area contributed by atoms with Crippen LogP contribution in [0.25, 0.3) is 0 Å². The number of benzene rings is 1. The highest BCUT2D eigenvalue weighted by Gasteiger charge is 2.12. The van der Waals surface area contributed by atoms with E-state index in [1.807, 2.05) is 0 Å². The Bertz CT molecular complexity index is 595. The predicted octanol–water partition coefficient (Wildman–Crippen LogP) is 0.366. The van der Waals surface area contributed by atoms with E-state index >= 15 is 0 Å². The first-order chi connectivity index (χ1) is 9.19. The molecule has 0 unspecified atom stereocenters. The van der Waals surface area contributed by atoms with Gasteiger partial charge in [0.05, 0.1) is 12.2 Å². The van der Waals surface area contributed by atoms with Crippen molar-refractivity contribution in [2.75, 3.05) is 25.6 Å². The van der Waals surface area contributed by atoms with Gasteiger partial charge in [-0.1, -0.05) is 36.5 Å². The molecule has 0 saturated heterocycles. The molecule has 0 aromatic heterocycles. The molecule has 0 atom stereocenters. The van der Waals surface area contributed by atoms with E-state index in [0.29, 0.717) is 4.99 Å². The van der Waals surface area contributed by atoms with Gasteiger partial charge in [-0.15, -0.1) is 0 Å². The lowest BCUT2D eigenvalue weighted by Crippen LogP contribution is -2.32. The number of thiocarbonyl (C=S) groups is 1. The molecule has 0 aliphatic carbocycles. The van der Waals surface area contributed by atoms with Crippen LogP contribution in [0, 0.1) is 0 Å². The van der Waals surface area contributed by atoms with Gasteiger partial charge in [0.1, 0.15) is 14.8 Å². The molecular formula is C13H18N2O3S2. The Morgan fingerprint density at radius 2 is 1.85 bits per heavy atom. The summed E-state index contributed by atoms with van der Waals surface area (Å²) in [6.07, 6.45) is 1.37. The van der Waals surface area contributed by atoms with Gasteiger partial charge in [-0.2, -0.15) is 0 Å². The van der Waals surface area contributed by atoms with Crippen LogP contribution in [0.4, 0.5) is 0 Å². The zero-order chi connectivity index (χ0) is 15.3. The van der Waals surface area contributed by atoms with Crippen LogP contribution in [0.3, 0.4) is 0 Å². The van der Waals surface area contributed by atoms with Crippen molar-refractivity contribution in [2.24, 2.45) is 5.73 Å². The summed E-state index contributed by atoms with van der Waals surface area (Å²) in [6.45, 7) is 0.197. The number of hydrogen-bond acceptors (Lipinski definition) is 4. The molecule has 5 nitrogen and oxygen atoms in total. The van der Waals surface area contributed by atoms with Gasteiger partial charge in [0.15, 0.2) is 0 Å². The quantitative estimate of drug-likeness (QED) is 0.767. The monoisotopic (exact) mass is 314 g/mol. The average Bonchev–Trinajstić information content (AvgIpc) is 2.35. The van der Waals surface area contributed by atoms with Crippen LogP contribution in [0.2, 0.25) is 0 Å². The Hall–Kier alpha value is -1.47. The van der Waals surface area contributed by atoms with Crippen LogP contribution in [-0.2, 0) is 21.1 Å². The zero-order valence-corrected chi connectivity index (χ0v) is 13.1. The van der Waals surface area contributed by atoms with Gasteiger partial charge in [-0.05, 0) is 5.56 Å². The highest BCUT2D eigenvalue weighted by molar-refractivity contribution is 7.90. The normalized spacial score (nSPS) is 11.1. The molecule has 0 bridgehead atoms. The van der Waals surface area contributed by atoms with Crippen molar-refractivity contribution >= 4 is 33.0 Å². The van der Waals surface area contributed by atoms with Crippen LogP contribution < -0.4 is 5.73 Å². The molecule has 2 N–H and O–H groups in total. The fraction of sp³-hybridized carbons (Fsp3) is 0.385. The summed E-state index contributed by atoms with van der Waals surface area (Å²) in [5, 5.41) is 0. The lowest BCUT2D eigenvalue weighted by atomic mass is 10.1. The van der Waals surface area contributed by atoms with Crippen LogP contribution in [0.5, 0.6) is 0 Å². The Balaban J connectivity index is 2.59. The van der Waals surface area contributed by atoms with Gasteiger partial charge in [0.25, 0.3) is 0 Å². The number of rotatable bonds is 6. The molecule has 0 saturated carbocycles. The molecule has 0 aliphatic heterocycles. The van der Waals surface area contributed by atoms with Crippen LogP contribution >= 0.6 is 12.2 Å². The largest absolute Gasteiger partial charge is 0.389 e. The fourth-order valence-electron chi connectivity index (χ4n) is 1.52. The van der Waals surface area contributed by atoms with Gasteiger partial charge < -0.3 is 10.6 Å². The van der Waals surface area contributed by atoms with E-state index < -0.39 is 9.84 Å². The molecule has 0 fully saturated rings. The number of nitrogens with two attached hydrogens (primary N) is 1. The second-order valence-corrected chi connectivity index (χ2v) is 7.38. The molecule has 0 radical (unpaired) electrons. The summed E-state index contributed by atoms with van der Waals surface area (Å²) in [6, 6.07) is 7.11. The number of amides is 1. The third-order valence-electron chi connectivity index (χ3n) is 2.82. The Morgan fingerprint density at radius 3 is 2.30 bits per heavy atom. The average molecular weight is 314 g/mol. The summed E-state index contributed by atoms with van der Waals surface area (Å²) in [5.41, 5.74) is 7.08. The lowest BCUT2D eigenvalue weighted by molar-refractivity contribution is -0.128. The summed E-state index contributed by atoms with van der Waals surface area (Å²) in [5.74, 6) is -0.160. The molecule has 0 aliphatic rings. The Morgan fingerprint density at radius 1 is 1.30 bits per heavy atom. The van der Waals surface area contributed by atoms with Crippen molar-refractivity contribution < 1.29 is 13.2 Å². The SMILES string of the molecule is CN(CCS(C)(=O)=O)C(=O)Cc1ccc(C(N)=S)cc1. The van der Waals surface area contributed by atoms with E-state index in [1.54, 1.807) is 31.3 Å². The second kappa shape index (κ2) is 6.81. The van der Waals surface area contributed by atoms with Gasteiger partial charge in [-0.25, -0.2) is 8.42 Å². The number of hydrogen-bond donors (Lipinski definition) is 1. The summed E-state index contributed by atoms with van der Waals surface area (Å²) >= 11 is 4.85. The first-order valence-electron chi connectivity index (χ1n) is 5.99. The standard InChI is InChI=1S/C13H18N2O3S2/c1-15(7-8-20(2,17)18)12(16)9-10-3-5-11(6-4-10)13(14)19/h3-6H,7-9H2,1-2H3,(H2,14,19). The summed E-state index contributed by atoms with van der Waals surface area (Å²) in [7, 11) is -1.47. The fourth-order valence-corrected chi connectivity index (χ4v) is 2.27. The molecule has 1 rings (SSSR count). The maximum atomic E-state index is 11.9. The van der Waals surface area contributed by atoms with Crippen molar-refractivity contribution in [2.45, 2.75) is 6.42 Å². The molecule has 1 amide bonds. The molecule has 0 spiro atoms. The smallest absolute Gasteiger partial charge is 0.226 e. The van der Waals surface area contributed by atoms with Crippen molar-refractivity contribution in [1.29, 1.82) is 0 Å². The topological polar surface area (TPSA) is 80.5 Å².